The number of nitrogens with zero attached hydrogens (tertiary/aromatic N) is 1. The van der Waals surface area contributed by atoms with E-state index in [1.165, 1.54) is 5.17 Å². The van der Waals surface area contributed by atoms with E-state index in [0.717, 1.165) is 11.1 Å². The normalized spacial score (nSPS) is 9.81. The van der Waals surface area contributed by atoms with Crippen LogP contribution in [0, 0.1) is 0 Å². The fraction of sp³-hybridized carbons (Fsp3) is 0.200. The molecule has 0 bridgehead atoms. The van der Waals surface area contributed by atoms with Gasteiger partial charge in [-0.2, -0.15) is 0 Å². The molecule has 0 aromatic heterocycles. The third-order valence-electron chi connectivity index (χ3n) is 2.54. The van der Waals surface area contributed by atoms with E-state index in [2.05, 4.69) is 5.59 Å². The van der Waals surface area contributed by atoms with Crippen LogP contribution < -0.4 is 5.59 Å². The number of hydroxylamine groups is 1. The van der Waals surface area contributed by atoms with Gasteiger partial charge in [0, 0.05) is 7.05 Å². The summed E-state index contributed by atoms with van der Waals surface area (Å²) >= 11 is 0. The van der Waals surface area contributed by atoms with Crippen LogP contribution >= 0.6 is 24.8 Å². The Labute approximate surface area is 137 Å². The smallest absolute Gasteiger partial charge is 0.0953 e. The van der Waals surface area contributed by atoms with Crippen molar-refractivity contribution in [3.63, 3.8) is 0 Å². The van der Waals surface area contributed by atoms with Crippen molar-refractivity contribution < 1.29 is 9.68 Å². The maximum Gasteiger partial charge on any atom is 0.0953 e. The molecule has 4 nitrogen and oxygen atoms in total. The molecule has 0 radical (unpaired) electrons. The minimum Gasteiger partial charge on any atom is -0.280 e. The van der Waals surface area contributed by atoms with Crippen molar-refractivity contribution in [1.29, 1.82) is 0 Å². The number of hydrogen-bond donors (Lipinski definition) is 1. The first kappa shape index (κ1) is 19.9. The predicted molar refractivity (Wildman–Crippen MR) is 87.9 cm³/mol. The van der Waals surface area contributed by atoms with Crippen LogP contribution in [-0.2, 0) is 22.9 Å². The van der Waals surface area contributed by atoms with E-state index in [1.54, 1.807) is 7.05 Å². The van der Waals surface area contributed by atoms with Gasteiger partial charge in [0.2, 0.25) is 0 Å². The zero-order chi connectivity index (χ0) is 13.3. The van der Waals surface area contributed by atoms with Crippen LogP contribution in [0.4, 0.5) is 0 Å². The van der Waals surface area contributed by atoms with Crippen LogP contribution in [0.1, 0.15) is 11.1 Å². The Morgan fingerprint density at radius 2 is 1.29 bits per heavy atom. The molecule has 0 unspecified atom stereocenters. The molecule has 0 aliphatic carbocycles. The molecular formula is C15H20Cl2N2O2. The highest BCUT2D eigenvalue weighted by Gasteiger charge is 1.99. The van der Waals surface area contributed by atoms with Gasteiger partial charge >= 0.3 is 0 Å². The second-order valence-corrected chi connectivity index (χ2v) is 4.12. The van der Waals surface area contributed by atoms with Gasteiger partial charge in [-0.15, -0.1) is 35.6 Å². The molecule has 0 aliphatic heterocycles. The Kier molecular flexibility index (Phi) is 10.9. The van der Waals surface area contributed by atoms with Crippen molar-refractivity contribution in [2.45, 2.75) is 13.2 Å². The molecule has 0 heterocycles. The van der Waals surface area contributed by atoms with Gasteiger partial charge in [-0.25, -0.2) is 0 Å². The standard InChI is InChI=1S/C15H18N2O2.2ClH/c1-17(19-13-15-10-6-3-7-11-15)16-18-12-14-8-4-2-5-9-14;;/h2-11,16H,12-13H2,1H3;2*1H. The van der Waals surface area contributed by atoms with Gasteiger partial charge in [-0.1, -0.05) is 60.7 Å². The molecule has 2 aromatic carbocycles. The summed E-state index contributed by atoms with van der Waals surface area (Å²) in [5.41, 5.74) is 4.93. The second kappa shape index (κ2) is 11.5. The fourth-order valence-corrected chi connectivity index (χ4v) is 1.55. The Bertz CT molecular complexity index is 472. The molecule has 0 atom stereocenters. The van der Waals surface area contributed by atoms with Crippen molar-refractivity contribution in [2.24, 2.45) is 0 Å². The van der Waals surface area contributed by atoms with Gasteiger partial charge in [-0.3, -0.25) is 9.68 Å². The molecule has 6 heteroatoms. The minimum absolute atomic E-state index is 0. The van der Waals surface area contributed by atoms with Gasteiger partial charge in [0.15, 0.2) is 0 Å². The Morgan fingerprint density at radius 3 is 1.81 bits per heavy atom. The topological polar surface area (TPSA) is 33.7 Å². The SMILES string of the molecule is CN(NOCc1ccccc1)OCc1ccccc1.Cl.Cl. The molecule has 0 amide bonds. The molecule has 0 aliphatic rings. The Hall–Kier alpha value is -1.14. The van der Waals surface area contributed by atoms with Crippen molar-refractivity contribution in [2.75, 3.05) is 7.05 Å². The number of rotatable bonds is 7. The lowest BCUT2D eigenvalue weighted by Crippen LogP contribution is -2.34. The summed E-state index contributed by atoms with van der Waals surface area (Å²) in [6.45, 7) is 0.985. The van der Waals surface area contributed by atoms with Crippen LogP contribution in [0.3, 0.4) is 0 Å². The average Bonchev–Trinajstić information content (AvgIpc) is 2.47. The highest BCUT2D eigenvalue weighted by molar-refractivity contribution is 5.85. The Morgan fingerprint density at radius 1 is 0.810 bits per heavy atom. The lowest BCUT2D eigenvalue weighted by Gasteiger charge is -2.17. The lowest BCUT2D eigenvalue weighted by atomic mass is 10.2. The van der Waals surface area contributed by atoms with E-state index in [1.807, 2.05) is 60.7 Å². The van der Waals surface area contributed by atoms with Crippen LogP contribution in [0.2, 0.25) is 0 Å². The molecule has 0 fully saturated rings. The summed E-state index contributed by atoms with van der Waals surface area (Å²) in [6, 6.07) is 19.9. The molecule has 0 spiro atoms. The molecule has 0 saturated carbocycles. The van der Waals surface area contributed by atoms with Crippen LogP contribution in [0.5, 0.6) is 0 Å². The van der Waals surface area contributed by atoms with Crippen LogP contribution in [0.25, 0.3) is 0 Å². The molecular weight excluding hydrogens is 311 g/mol. The molecule has 2 rings (SSSR count). The summed E-state index contributed by atoms with van der Waals surface area (Å²) < 4.78 is 0. The van der Waals surface area contributed by atoms with Gasteiger partial charge < -0.3 is 0 Å². The first-order valence-corrected chi connectivity index (χ1v) is 6.16. The van der Waals surface area contributed by atoms with E-state index in [0.29, 0.717) is 13.2 Å². The summed E-state index contributed by atoms with van der Waals surface area (Å²) in [4.78, 5) is 10.8. The summed E-state index contributed by atoms with van der Waals surface area (Å²) in [7, 11) is 1.76. The van der Waals surface area contributed by atoms with E-state index in [-0.39, 0.29) is 24.8 Å². The summed E-state index contributed by atoms with van der Waals surface area (Å²) in [5.74, 6) is 0. The summed E-state index contributed by atoms with van der Waals surface area (Å²) in [5, 5.41) is 1.45. The highest BCUT2D eigenvalue weighted by Crippen LogP contribution is 2.02. The molecule has 0 saturated heterocycles. The third-order valence-corrected chi connectivity index (χ3v) is 2.54. The summed E-state index contributed by atoms with van der Waals surface area (Å²) in [6.07, 6.45) is 0. The van der Waals surface area contributed by atoms with E-state index in [9.17, 15) is 0 Å². The Balaban J connectivity index is 0.00000200. The van der Waals surface area contributed by atoms with E-state index >= 15 is 0 Å². The molecule has 116 valence electrons. The lowest BCUT2D eigenvalue weighted by molar-refractivity contribution is -0.268. The first-order chi connectivity index (χ1) is 9.34. The fourth-order valence-electron chi connectivity index (χ4n) is 1.55. The largest absolute Gasteiger partial charge is 0.280 e. The quantitative estimate of drug-likeness (QED) is 0.787. The van der Waals surface area contributed by atoms with Crippen molar-refractivity contribution >= 4 is 24.8 Å². The zero-order valence-corrected chi connectivity index (χ0v) is 13.4. The van der Waals surface area contributed by atoms with E-state index < -0.39 is 0 Å². The maximum absolute atomic E-state index is 5.46. The third kappa shape index (κ3) is 8.02. The number of benzene rings is 2. The molecule has 1 N–H and O–H groups in total. The van der Waals surface area contributed by atoms with Crippen LogP contribution in [-0.4, -0.2) is 12.2 Å². The van der Waals surface area contributed by atoms with Crippen LogP contribution in [0.15, 0.2) is 60.7 Å². The van der Waals surface area contributed by atoms with Crippen molar-refractivity contribution in [3.8, 4) is 0 Å². The van der Waals surface area contributed by atoms with E-state index in [4.69, 9.17) is 9.68 Å². The minimum atomic E-state index is 0. The van der Waals surface area contributed by atoms with Gasteiger partial charge in [0.25, 0.3) is 0 Å². The number of nitrogens with one attached hydrogen (secondary N) is 1. The highest BCUT2D eigenvalue weighted by atomic mass is 35.5. The molecule has 21 heavy (non-hydrogen) atoms. The monoisotopic (exact) mass is 330 g/mol. The van der Waals surface area contributed by atoms with Crippen molar-refractivity contribution in [1.82, 2.24) is 10.8 Å². The molecule has 2 aromatic rings. The predicted octanol–water partition coefficient (Wildman–Crippen LogP) is 3.53. The number of hydrazine groups is 1. The second-order valence-electron chi connectivity index (χ2n) is 4.12. The average molecular weight is 331 g/mol. The van der Waals surface area contributed by atoms with Gasteiger partial charge in [0.1, 0.15) is 0 Å². The van der Waals surface area contributed by atoms with Gasteiger partial charge in [-0.05, 0) is 11.1 Å². The number of halogens is 2. The maximum atomic E-state index is 5.46. The zero-order valence-electron chi connectivity index (χ0n) is 11.8. The van der Waals surface area contributed by atoms with Crippen molar-refractivity contribution in [3.05, 3.63) is 71.8 Å². The van der Waals surface area contributed by atoms with Gasteiger partial charge in [0.05, 0.1) is 13.2 Å². The number of hydrogen-bond acceptors (Lipinski definition) is 4. The first-order valence-electron chi connectivity index (χ1n) is 6.16.